The maximum Gasteiger partial charge on any atom is 0.126 e. The lowest BCUT2D eigenvalue weighted by Crippen LogP contribution is -2.33. The predicted octanol–water partition coefficient (Wildman–Crippen LogP) is 3.28. The minimum absolute atomic E-state index is 0.258. The van der Waals surface area contributed by atoms with Gasteiger partial charge in [0.05, 0.1) is 0 Å². The number of nitrogens with one attached hydrogen (secondary N) is 1. The van der Waals surface area contributed by atoms with Crippen molar-refractivity contribution in [3.8, 4) is 0 Å². The van der Waals surface area contributed by atoms with E-state index in [1.807, 2.05) is 4.42 Å². The average Bonchev–Trinajstić information content (AvgIpc) is 3.16. The largest absolute Gasteiger partial charge is 0.313 e. The van der Waals surface area contributed by atoms with Crippen molar-refractivity contribution in [2.75, 3.05) is 19.6 Å². The molecule has 1 saturated heterocycles. The Bertz CT molecular complexity index is 455. The molecule has 1 aliphatic heterocycles. The second-order valence-corrected chi connectivity index (χ2v) is 6.39. The van der Waals surface area contributed by atoms with Crippen LogP contribution >= 0.6 is 11.8 Å². The SMILES string of the molecule is Fc1cc(F)cc([C@H]2C[C@@H]2NCC2CCN(Cl)CC2)c1. The summed E-state index contributed by atoms with van der Waals surface area (Å²) in [5.74, 6) is -0.0518. The summed E-state index contributed by atoms with van der Waals surface area (Å²) in [4.78, 5) is 0. The predicted molar refractivity (Wildman–Crippen MR) is 75.7 cm³/mol. The van der Waals surface area contributed by atoms with E-state index >= 15 is 0 Å². The molecule has 1 saturated carbocycles. The molecule has 3 rings (SSSR count). The molecular weight excluding hydrogens is 282 g/mol. The van der Waals surface area contributed by atoms with E-state index in [2.05, 4.69) is 5.32 Å². The second-order valence-electron chi connectivity index (χ2n) is 5.91. The first-order valence-corrected chi connectivity index (χ1v) is 7.56. The van der Waals surface area contributed by atoms with Gasteiger partial charge < -0.3 is 5.32 Å². The lowest BCUT2D eigenvalue weighted by atomic mass is 9.98. The van der Waals surface area contributed by atoms with Crippen molar-refractivity contribution in [3.05, 3.63) is 35.4 Å². The van der Waals surface area contributed by atoms with Crippen molar-refractivity contribution in [1.82, 2.24) is 9.74 Å². The van der Waals surface area contributed by atoms with E-state index in [1.165, 1.54) is 12.1 Å². The number of nitrogens with zero attached hydrogens (tertiary/aromatic N) is 1. The van der Waals surface area contributed by atoms with Crippen molar-refractivity contribution >= 4 is 11.8 Å². The molecule has 0 bridgehead atoms. The summed E-state index contributed by atoms with van der Waals surface area (Å²) in [5.41, 5.74) is 0.774. The Hall–Kier alpha value is -0.710. The number of hydrogen-bond donors (Lipinski definition) is 1. The monoisotopic (exact) mass is 300 g/mol. The molecule has 5 heteroatoms. The molecule has 0 aromatic heterocycles. The van der Waals surface area contributed by atoms with E-state index in [0.717, 1.165) is 50.5 Å². The number of hydrogen-bond acceptors (Lipinski definition) is 2. The number of piperidine rings is 1. The first kappa shape index (κ1) is 14.2. The standard InChI is InChI=1S/C15H19ClF2N2/c16-20-3-1-10(2-4-20)9-19-15-8-14(15)11-5-12(17)7-13(18)6-11/h5-7,10,14-15,19H,1-4,8-9H2/t14-,15+/m1/s1. The van der Waals surface area contributed by atoms with Gasteiger partial charge in [0.2, 0.25) is 0 Å². The van der Waals surface area contributed by atoms with Gasteiger partial charge in [-0.2, -0.15) is 0 Å². The van der Waals surface area contributed by atoms with Crippen LogP contribution in [0.2, 0.25) is 0 Å². The zero-order valence-electron chi connectivity index (χ0n) is 11.3. The number of rotatable bonds is 4. The Kier molecular flexibility index (Phi) is 4.24. The van der Waals surface area contributed by atoms with Crippen LogP contribution in [0.5, 0.6) is 0 Å². The lowest BCUT2D eigenvalue weighted by Gasteiger charge is -2.27. The highest BCUT2D eigenvalue weighted by Gasteiger charge is 2.38. The van der Waals surface area contributed by atoms with Crippen LogP contribution in [0.3, 0.4) is 0 Å². The zero-order valence-corrected chi connectivity index (χ0v) is 12.0. The number of halogens is 3. The van der Waals surface area contributed by atoms with E-state index in [-0.39, 0.29) is 5.92 Å². The molecule has 20 heavy (non-hydrogen) atoms. The van der Waals surface area contributed by atoms with Crippen LogP contribution in [-0.4, -0.2) is 30.1 Å². The molecule has 0 amide bonds. The first-order valence-electron chi connectivity index (χ1n) is 7.22. The van der Waals surface area contributed by atoms with Crippen LogP contribution in [0.15, 0.2) is 18.2 Å². The molecule has 2 fully saturated rings. The van der Waals surface area contributed by atoms with E-state index in [0.29, 0.717) is 12.0 Å². The average molecular weight is 301 g/mol. The molecule has 1 N–H and O–H groups in total. The van der Waals surface area contributed by atoms with Gasteiger partial charge in [-0.15, -0.1) is 0 Å². The molecule has 1 heterocycles. The van der Waals surface area contributed by atoms with E-state index in [4.69, 9.17) is 11.8 Å². The minimum Gasteiger partial charge on any atom is -0.313 e. The summed E-state index contributed by atoms with van der Waals surface area (Å²) < 4.78 is 28.2. The third-order valence-corrected chi connectivity index (χ3v) is 4.67. The molecule has 2 aliphatic rings. The van der Waals surface area contributed by atoms with Crippen molar-refractivity contribution in [1.29, 1.82) is 0 Å². The fraction of sp³-hybridized carbons (Fsp3) is 0.600. The van der Waals surface area contributed by atoms with Crippen LogP contribution in [0.4, 0.5) is 8.78 Å². The van der Waals surface area contributed by atoms with Crippen LogP contribution < -0.4 is 5.32 Å². The maximum atomic E-state index is 13.2. The second kappa shape index (κ2) is 5.96. The third kappa shape index (κ3) is 3.48. The first-order chi connectivity index (χ1) is 9.61. The highest BCUT2D eigenvalue weighted by atomic mass is 35.5. The molecule has 1 aliphatic carbocycles. The molecule has 0 spiro atoms. The highest BCUT2D eigenvalue weighted by molar-refractivity contribution is 6.13. The molecule has 2 nitrogen and oxygen atoms in total. The summed E-state index contributed by atoms with van der Waals surface area (Å²) in [6, 6.07) is 4.18. The summed E-state index contributed by atoms with van der Waals surface area (Å²) in [5, 5.41) is 3.52. The third-order valence-electron chi connectivity index (χ3n) is 4.33. The number of benzene rings is 1. The normalized spacial score (nSPS) is 27.8. The summed E-state index contributed by atoms with van der Waals surface area (Å²) in [6.07, 6.45) is 3.20. The van der Waals surface area contributed by atoms with Crippen LogP contribution in [0, 0.1) is 17.6 Å². The Morgan fingerprint density at radius 3 is 2.45 bits per heavy atom. The molecule has 1 aromatic rings. The fourth-order valence-corrected chi connectivity index (χ4v) is 3.20. The van der Waals surface area contributed by atoms with E-state index < -0.39 is 11.6 Å². The van der Waals surface area contributed by atoms with Crippen molar-refractivity contribution in [2.45, 2.75) is 31.2 Å². The fourth-order valence-electron chi connectivity index (χ4n) is 3.00. The molecular formula is C15H19ClF2N2. The minimum atomic E-state index is -0.486. The molecule has 0 unspecified atom stereocenters. The Morgan fingerprint density at radius 2 is 1.80 bits per heavy atom. The van der Waals surface area contributed by atoms with Crippen molar-refractivity contribution in [2.24, 2.45) is 5.92 Å². The summed E-state index contributed by atoms with van der Waals surface area (Å²) in [7, 11) is 0. The Morgan fingerprint density at radius 1 is 1.15 bits per heavy atom. The Balaban J connectivity index is 1.47. The van der Waals surface area contributed by atoms with Gasteiger partial charge >= 0.3 is 0 Å². The maximum absolute atomic E-state index is 13.2. The van der Waals surface area contributed by atoms with Gasteiger partial charge in [-0.3, -0.25) is 0 Å². The van der Waals surface area contributed by atoms with Crippen LogP contribution in [0.1, 0.15) is 30.7 Å². The van der Waals surface area contributed by atoms with Gasteiger partial charge in [0.1, 0.15) is 11.6 Å². The van der Waals surface area contributed by atoms with E-state index in [1.54, 1.807) is 0 Å². The Labute approximate surface area is 123 Å². The summed E-state index contributed by atoms with van der Waals surface area (Å²) in [6.45, 7) is 2.86. The van der Waals surface area contributed by atoms with Gasteiger partial charge in [0.25, 0.3) is 0 Å². The van der Waals surface area contributed by atoms with Gasteiger partial charge in [0.15, 0.2) is 0 Å². The topological polar surface area (TPSA) is 15.3 Å². The lowest BCUT2D eigenvalue weighted by molar-refractivity contribution is 0.275. The van der Waals surface area contributed by atoms with Gasteiger partial charge in [-0.25, -0.2) is 13.2 Å². The molecule has 0 radical (unpaired) electrons. The molecule has 110 valence electrons. The smallest absolute Gasteiger partial charge is 0.126 e. The zero-order chi connectivity index (χ0) is 14.1. The van der Waals surface area contributed by atoms with Gasteiger partial charge in [0, 0.05) is 31.1 Å². The quantitative estimate of drug-likeness (QED) is 0.859. The summed E-state index contributed by atoms with van der Waals surface area (Å²) >= 11 is 5.93. The van der Waals surface area contributed by atoms with Crippen LogP contribution in [-0.2, 0) is 0 Å². The van der Waals surface area contributed by atoms with Crippen molar-refractivity contribution in [3.63, 3.8) is 0 Å². The van der Waals surface area contributed by atoms with Gasteiger partial charge in [-0.05, 0) is 61.2 Å². The molecule has 2 atom stereocenters. The van der Waals surface area contributed by atoms with Gasteiger partial charge in [-0.1, -0.05) is 0 Å². The van der Waals surface area contributed by atoms with Crippen LogP contribution in [0.25, 0.3) is 0 Å². The van der Waals surface area contributed by atoms with E-state index in [9.17, 15) is 8.78 Å². The van der Waals surface area contributed by atoms with Crippen molar-refractivity contribution < 1.29 is 8.78 Å². The highest BCUT2D eigenvalue weighted by Crippen LogP contribution is 2.41. The molecule has 1 aromatic carbocycles.